The summed E-state index contributed by atoms with van der Waals surface area (Å²) in [5.41, 5.74) is 5.62. The second-order valence-electron chi connectivity index (χ2n) is 4.42. The van der Waals surface area contributed by atoms with Gasteiger partial charge < -0.3 is 5.73 Å². The Hall–Kier alpha value is -0.980. The van der Waals surface area contributed by atoms with E-state index in [9.17, 15) is 12.8 Å². The summed E-state index contributed by atoms with van der Waals surface area (Å²) in [7, 11) is -3.60. The summed E-state index contributed by atoms with van der Waals surface area (Å²) >= 11 is 0. The summed E-state index contributed by atoms with van der Waals surface area (Å²) in [4.78, 5) is 0.0940. The van der Waals surface area contributed by atoms with Crippen molar-refractivity contribution in [3.8, 4) is 0 Å². The summed E-state index contributed by atoms with van der Waals surface area (Å²) in [5, 5.41) is 0. The molecule has 6 heteroatoms. The third-order valence-electron chi connectivity index (χ3n) is 3.24. The predicted molar refractivity (Wildman–Crippen MR) is 73.6 cm³/mol. The topological polar surface area (TPSA) is 63.4 Å². The minimum absolute atomic E-state index is 0.0232. The van der Waals surface area contributed by atoms with Crippen LogP contribution in [0.3, 0.4) is 0 Å². The molecule has 0 aliphatic rings. The van der Waals surface area contributed by atoms with Crippen molar-refractivity contribution in [2.75, 3.05) is 6.54 Å². The number of nitrogens with zero attached hydrogens (tertiary/aromatic N) is 1. The van der Waals surface area contributed by atoms with Crippen molar-refractivity contribution >= 4 is 10.0 Å². The lowest BCUT2D eigenvalue weighted by molar-refractivity contribution is 0.342. The highest BCUT2D eigenvalue weighted by Crippen LogP contribution is 2.21. The number of hydrogen-bond acceptors (Lipinski definition) is 3. The molecule has 108 valence electrons. The van der Waals surface area contributed by atoms with Gasteiger partial charge >= 0.3 is 0 Å². The van der Waals surface area contributed by atoms with Crippen LogP contribution < -0.4 is 5.73 Å². The third kappa shape index (κ3) is 3.32. The first-order chi connectivity index (χ1) is 8.88. The van der Waals surface area contributed by atoms with Crippen LogP contribution >= 0.6 is 0 Å². The van der Waals surface area contributed by atoms with E-state index in [2.05, 4.69) is 0 Å². The van der Waals surface area contributed by atoms with Crippen LogP contribution in [0.15, 0.2) is 23.1 Å². The Morgan fingerprint density at radius 1 is 1.37 bits per heavy atom. The van der Waals surface area contributed by atoms with Crippen LogP contribution in [0.4, 0.5) is 4.39 Å². The van der Waals surface area contributed by atoms with Crippen LogP contribution in [0, 0.1) is 5.82 Å². The van der Waals surface area contributed by atoms with Crippen LogP contribution in [0.25, 0.3) is 0 Å². The molecule has 0 saturated carbocycles. The second-order valence-corrected chi connectivity index (χ2v) is 6.31. The van der Waals surface area contributed by atoms with Crippen molar-refractivity contribution in [3.63, 3.8) is 0 Å². The van der Waals surface area contributed by atoms with Crippen LogP contribution in [-0.2, 0) is 16.6 Å². The summed E-state index contributed by atoms with van der Waals surface area (Å²) in [5.74, 6) is -0.479. The van der Waals surface area contributed by atoms with Crippen LogP contribution in [0.5, 0.6) is 0 Å². The summed E-state index contributed by atoms with van der Waals surface area (Å²) < 4.78 is 39.8. The average molecular weight is 288 g/mol. The van der Waals surface area contributed by atoms with Crippen LogP contribution in [-0.4, -0.2) is 25.3 Å². The largest absolute Gasteiger partial charge is 0.326 e. The molecule has 0 amide bonds. The molecule has 0 saturated heterocycles. The van der Waals surface area contributed by atoms with Gasteiger partial charge in [0.2, 0.25) is 10.0 Å². The summed E-state index contributed by atoms with van der Waals surface area (Å²) in [6.45, 7) is 5.93. The van der Waals surface area contributed by atoms with E-state index < -0.39 is 15.8 Å². The first kappa shape index (κ1) is 16.1. The lowest BCUT2D eigenvalue weighted by Gasteiger charge is -2.26. The fraction of sp³-hybridized carbons (Fsp3) is 0.538. The third-order valence-corrected chi connectivity index (χ3v) is 5.32. The van der Waals surface area contributed by atoms with E-state index in [4.69, 9.17) is 5.73 Å². The fourth-order valence-corrected chi connectivity index (χ4v) is 3.69. The Labute approximate surface area is 114 Å². The zero-order valence-corrected chi connectivity index (χ0v) is 12.4. The van der Waals surface area contributed by atoms with Crippen molar-refractivity contribution in [1.82, 2.24) is 4.31 Å². The van der Waals surface area contributed by atoms with Gasteiger partial charge in [0.25, 0.3) is 0 Å². The highest BCUT2D eigenvalue weighted by atomic mass is 32.2. The molecular weight excluding hydrogens is 267 g/mol. The highest BCUT2D eigenvalue weighted by molar-refractivity contribution is 7.89. The van der Waals surface area contributed by atoms with Crippen molar-refractivity contribution in [2.24, 2.45) is 5.73 Å². The van der Waals surface area contributed by atoms with Gasteiger partial charge in [-0.15, -0.1) is 0 Å². The Kier molecular flexibility index (Phi) is 5.46. The van der Waals surface area contributed by atoms with E-state index in [1.165, 1.54) is 16.4 Å². The molecule has 0 spiro atoms. The molecule has 0 aromatic heterocycles. The predicted octanol–water partition coefficient (Wildman–Crippen LogP) is 2.09. The van der Waals surface area contributed by atoms with Crippen LogP contribution in [0.1, 0.15) is 32.8 Å². The molecule has 1 aromatic carbocycles. The zero-order chi connectivity index (χ0) is 14.6. The molecule has 0 fully saturated rings. The molecule has 0 aliphatic carbocycles. The maximum absolute atomic E-state index is 13.4. The maximum atomic E-state index is 13.4. The van der Waals surface area contributed by atoms with Gasteiger partial charge in [-0.05, 0) is 31.5 Å². The van der Waals surface area contributed by atoms with E-state index in [-0.39, 0.29) is 23.0 Å². The number of nitrogens with two attached hydrogens (primary N) is 1. The van der Waals surface area contributed by atoms with Crippen molar-refractivity contribution in [1.29, 1.82) is 0 Å². The Morgan fingerprint density at radius 3 is 2.47 bits per heavy atom. The lowest BCUT2D eigenvalue weighted by atomic mass is 10.2. The highest BCUT2D eigenvalue weighted by Gasteiger charge is 2.27. The Bertz CT molecular complexity index is 531. The van der Waals surface area contributed by atoms with E-state index in [1.807, 2.05) is 13.8 Å². The first-order valence-electron chi connectivity index (χ1n) is 6.38. The number of benzene rings is 1. The summed E-state index contributed by atoms with van der Waals surface area (Å²) in [6.07, 6.45) is 0.720. The van der Waals surface area contributed by atoms with E-state index in [1.54, 1.807) is 6.92 Å². The van der Waals surface area contributed by atoms with Gasteiger partial charge in [0.05, 0.1) is 4.90 Å². The molecule has 0 heterocycles. The Balaban J connectivity index is 3.26. The van der Waals surface area contributed by atoms with E-state index >= 15 is 0 Å². The molecule has 1 aromatic rings. The minimum Gasteiger partial charge on any atom is -0.326 e. The van der Waals surface area contributed by atoms with Gasteiger partial charge in [-0.2, -0.15) is 4.31 Å². The van der Waals surface area contributed by atoms with Crippen LogP contribution in [0.2, 0.25) is 0 Å². The summed E-state index contributed by atoms with van der Waals surface area (Å²) in [6, 6.07) is 3.66. The normalized spacial score (nSPS) is 13.8. The van der Waals surface area contributed by atoms with Gasteiger partial charge in [0.1, 0.15) is 5.82 Å². The standard InChI is InChI=1S/C13H21FN2O2S/c1-4-10(3)16(5-2)19(17,18)12-6-7-13(14)11(8-12)9-15/h6-8,10H,4-5,9,15H2,1-3H3. The number of halogens is 1. The molecule has 0 radical (unpaired) electrons. The smallest absolute Gasteiger partial charge is 0.243 e. The molecule has 1 rings (SSSR count). The number of hydrogen-bond donors (Lipinski definition) is 1. The Morgan fingerprint density at radius 2 is 2.00 bits per heavy atom. The fourth-order valence-electron chi connectivity index (χ4n) is 1.93. The monoisotopic (exact) mass is 288 g/mol. The molecule has 1 atom stereocenters. The lowest BCUT2D eigenvalue weighted by Crippen LogP contribution is -2.38. The average Bonchev–Trinajstić information content (AvgIpc) is 2.39. The van der Waals surface area contributed by atoms with Gasteiger partial charge in [-0.1, -0.05) is 13.8 Å². The molecule has 1 unspecified atom stereocenters. The van der Waals surface area contributed by atoms with Gasteiger partial charge in [0.15, 0.2) is 0 Å². The van der Waals surface area contributed by atoms with Gasteiger partial charge in [0, 0.05) is 24.7 Å². The van der Waals surface area contributed by atoms with Crippen molar-refractivity contribution < 1.29 is 12.8 Å². The number of sulfonamides is 1. The molecule has 2 N–H and O–H groups in total. The first-order valence-corrected chi connectivity index (χ1v) is 7.82. The molecule has 0 aliphatic heterocycles. The van der Waals surface area contributed by atoms with Crippen molar-refractivity contribution in [3.05, 3.63) is 29.6 Å². The zero-order valence-electron chi connectivity index (χ0n) is 11.6. The van der Waals surface area contributed by atoms with Crippen molar-refractivity contribution in [2.45, 2.75) is 44.7 Å². The quantitative estimate of drug-likeness (QED) is 0.872. The maximum Gasteiger partial charge on any atom is 0.243 e. The molecular formula is C13H21FN2O2S. The number of rotatable bonds is 6. The minimum atomic E-state index is -3.60. The SMILES string of the molecule is CCC(C)N(CC)S(=O)(=O)c1ccc(F)c(CN)c1. The van der Waals surface area contributed by atoms with E-state index in [0.717, 1.165) is 12.5 Å². The molecule has 19 heavy (non-hydrogen) atoms. The van der Waals surface area contributed by atoms with E-state index in [0.29, 0.717) is 6.54 Å². The second kappa shape index (κ2) is 6.45. The molecule has 4 nitrogen and oxygen atoms in total. The van der Waals surface area contributed by atoms with Gasteiger partial charge in [-0.25, -0.2) is 12.8 Å². The molecule has 0 bridgehead atoms. The van der Waals surface area contributed by atoms with Gasteiger partial charge in [-0.3, -0.25) is 0 Å².